The van der Waals surface area contributed by atoms with Crippen molar-refractivity contribution in [2.75, 3.05) is 14.2 Å². The van der Waals surface area contributed by atoms with Crippen molar-refractivity contribution in [2.24, 2.45) is 0 Å². The van der Waals surface area contributed by atoms with Crippen LogP contribution in [0.5, 0.6) is 23.0 Å². The van der Waals surface area contributed by atoms with Crippen molar-refractivity contribution in [2.45, 2.75) is 0 Å². The van der Waals surface area contributed by atoms with Crippen molar-refractivity contribution in [3.8, 4) is 23.0 Å². The molecule has 0 aliphatic heterocycles. The van der Waals surface area contributed by atoms with Gasteiger partial charge in [-0.15, -0.1) is 0 Å². The summed E-state index contributed by atoms with van der Waals surface area (Å²) in [5.74, 6) is 1.62. The molecule has 4 rings (SSSR count). The fourth-order valence-corrected chi connectivity index (χ4v) is 2.89. The molecule has 0 saturated heterocycles. The minimum Gasteiger partial charge on any atom is -0.508 e. The molecule has 0 spiro atoms. The third-order valence-corrected chi connectivity index (χ3v) is 4.52. The lowest BCUT2D eigenvalue weighted by Crippen LogP contribution is -1.84. The zero-order chi connectivity index (χ0) is 24.2. The molecule has 0 radical (unpaired) electrons. The molecule has 0 amide bonds. The molecule has 2 N–H and O–H groups in total. The van der Waals surface area contributed by atoms with Crippen molar-refractivity contribution in [1.29, 1.82) is 0 Å². The van der Waals surface area contributed by atoms with Crippen LogP contribution >= 0.6 is 0 Å². The van der Waals surface area contributed by atoms with Gasteiger partial charge in [-0.2, -0.15) is 0 Å². The maximum atomic E-state index is 9.50. The normalized spacial score (nSPS) is 10.6. The zero-order valence-electron chi connectivity index (χ0n) is 18.9. The summed E-state index contributed by atoms with van der Waals surface area (Å²) in [5, 5.41) is 19.0. The van der Waals surface area contributed by atoms with E-state index in [2.05, 4.69) is 15.0 Å². The number of ether oxygens (including phenoxy) is 2. The number of pyridine rings is 1. The molecule has 7 nitrogen and oxygen atoms in total. The number of nitrogens with zero attached hydrogens (tertiary/aromatic N) is 3. The van der Waals surface area contributed by atoms with Crippen LogP contribution in [0.3, 0.4) is 0 Å². The summed E-state index contributed by atoms with van der Waals surface area (Å²) >= 11 is 0. The Morgan fingerprint density at radius 2 is 1.15 bits per heavy atom. The fourth-order valence-electron chi connectivity index (χ4n) is 2.89. The maximum absolute atomic E-state index is 9.50. The average Bonchev–Trinajstić information content (AvgIpc) is 2.87. The van der Waals surface area contributed by atoms with Crippen LogP contribution < -0.4 is 9.47 Å². The average molecular weight is 456 g/mol. The molecule has 0 unspecified atom stereocenters. The lowest BCUT2D eigenvalue weighted by molar-refractivity contribution is 0.407. The van der Waals surface area contributed by atoms with Gasteiger partial charge in [0, 0.05) is 30.7 Å². The van der Waals surface area contributed by atoms with Crippen LogP contribution in [-0.4, -0.2) is 39.4 Å². The van der Waals surface area contributed by atoms with Crippen LogP contribution in [0.25, 0.3) is 24.3 Å². The molecule has 2 heterocycles. The Balaban J connectivity index is 0.000000191. The molecule has 0 saturated carbocycles. The molecule has 2 aromatic heterocycles. The number of hydrogen-bond acceptors (Lipinski definition) is 7. The van der Waals surface area contributed by atoms with Gasteiger partial charge in [0.2, 0.25) is 0 Å². The van der Waals surface area contributed by atoms with Gasteiger partial charge >= 0.3 is 0 Å². The first-order valence-corrected chi connectivity index (χ1v) is 10.3. The van der Waals surface area contributed by atoms with Crippen LogP contribution in [0.1, 0.15) is 22.4 Å². The zero-order valence-corrected chi connectivity index (χ0v) is 18.9. The predicted molar refractivity (Wildman–Crippen MR) is 133 cm³/mol. The molecule has 34 heavy (non-hydrogen) atoms. The molecule has 172 valence electrons. The van der Waals surface area contributed by atoms with Gasteiger partial charge < -0.3 is 19.7 Å². The molecular weight excluding hydrogens is 430 g/mol. The second-order valence-corrected chi connectivity index (χ2v) is 7.01. The number of phenols is 2. The van der Waals surface area contributed by atoms with Gasteiger partial charge in [0.1, 0.15) is 29.3 Å². The maximum Gasteiger partial charge on any atom is 0.123 e. The number of rotatable bonds is 6. The third kappa shape index (κ3) is 7.80. The van der Waals surface area contributed by atoms with Gasteiger partial charge in [-0.05, 0) is 65.2 Å². The van der Waals surface area contributed by atoms with Crippen molar-refractivity contribution in [3.05, 3.63) is 102 Å². The molecule has 0 fully saturated rings. The van der Waals surface area contributed by atoms with E-state index in [1.54, 1.807) is 63.1 Å². The second-order valence-electron chi connectivity index (χ2n) is 7.01. The Bertz CT molecular complexity index is 1140. The summed E-state index contributed by atoms with van der Waals surface area (Å²) in [5.41, 5.74) is 3.60. The Morgan fingerprint density at radius 3 is 1.68 bits per heavy atom. The van der Waals surface area contributed by atoms with Crippen molar-refractivity contribution >= 4 is 24.3 Å². The van der Waals surface area contributed by atoms with E-state index < -0.39 is 0 Å². The minimum absolute atomic E-state index is 0.173. The lowest BCUT2D eigenvalue weighted by atomic mass is 10.1. The van der Waals surface area contributed by atoms with E-state index in [1.807, 2.05) is 48.6 Å². The van der Waals surface area contributed by atoms with Crippen molar-refractivity contribution in [1.82, 2.24) is 15.0 Å². The standard InChI is InChI=1S/C14H13NO2.C13H12N2O2/c1-17-14-9-12(8-13(16)10-14)3-2-11-4-6-15-7-5-11;1-17-13-7-10(6-12(16)8-13)2-3-11-4-5-14-9-15-11/h2-10,16H,1H3;2-9,16H,1H3/b2*3-2+. The summed E-state index contributed by atoms with van der Waals surface area (Å²) < 4.78 is 10.2. The van der Waals surface area contributed by atoms with Crippen LogP contribution in [-0.2, 0) is 0 Å². The number of aromatic hydroxyl groups is 2. The Morgan fingerprint density at radius 1 is 0.618 bits per heavy atom. The molecule has 2 aromatic carbocycles. The molecule has 4 aromatic rings. The molecule has 7 heteroatoms. The van der Waals surface area contributed by atoms with E-state index in [0.29, 0.717) is 11.5 Å². The smallest absolute Gasteiger partial charge is 0.123 e. The van der Waals surface area contributed by atoms with Crippen molar-refractivity contribution in [3.63, 3.8) is 0 Å². The molecule has 0 atom stereocenters. The highest BCUT2D eigenvalue weighted by Crippen LogP contribution is 2.23. The van der Waals surface area contributed by atoms with E-state index in [9.17, 15) is 10.2 Å². The Hall–Kier alpha value is -4.65. The predicted octanol–water partition coefficient (Wildman–Crippen LogP) is 5.33. The second kappa shape index (κ2) is 12.4. The highest BCUT2D eigenvalue weighted by atomic mass is 16.5. The van der Waals surface area contributed by atoms with E-state index in [0.717, 1.165) is 22.4 Å². The van der Waals surface area contributed by atoms with Gasteiger partial charge in [0.25, 0.3) is 0 Å². The number of methoxy groups -OCH3 is 2. The fraction of sp³-hybridized carbons (Fsp3) is 0.0741. The van der Waals surface area contributed by atoms with Gasteiger partial charge in [-0.25, -0.2) is 9.97 Å². The van der Waals surface area contributed by atoms with Crippen LogP contribution in [0.2, 0.25) is 0 Å². The Kier molecular flexibility index (Phi) is 8.76. The summed E-state index contributed by atoms with van der Waals surface area (Å²) in [7, 11) is 3.14. The number of phenolic OH excluding ortho intramolecular Hbond substituents is 2. The van der Waals surface area contributed by atoms with Gasteiger partial charge in [0.15, 0.2) is 0 Å². The van der Waals surface area contributed by atoms with E-state index >= 15 is 0 Å². The molecule has 0 aliphatic rings. The summed E-state index contributed by atoms with van der Waals surface area (Å²) in [6.45, 7) is 0. The Labute approximate surface area is 198 Å². The van der Waals surface area contributed by atoms with E-state index in [-0.39, 0.29) is 11.5 Å². The minimum atomic E-state index is 0.173. The first-order chi connectivity index (χ1) is 16.6. The lowest BCUT2D eigenvalue weighted by Gasteiger charge is -2.02. The third-order valence-electron chi connectivity index (χ3n) is 4.52. The monoisotopic (exact) mass is 455 g/mol. The summed E-state index contributed by atoms with van der Waals surface area (Å²) in [6, 6.07) is 15.8. The molecule has 0 aliphatic carbocycles. The molecule has 0 bridgehead atoms. The van der Waals surface area contributed by atoms with Gasteiger partial charge in [-0.3, -0.25) is 4.98 Å². The highest BCUT2D eigenvalue weighted by molar-refractivity contribution is 5.71. The quantitative estimate of drug-likeness (QED) is 0.406. The van der Waals surface area contributed by atoms with Crippen LogP contribution in [0.4, 0.5) is 0 Å². The van der Waals surface area contributed by atoms with Crippen molar-refractivity contribution < 1.29 is 19.7 Å². The topological polar surface area (TPSA) is 97.6 Å². The number of hydrogen-bond donors (Lipinski definition) is 2. The molecular formula is C27H25N3O4. The first kappa shape index (κ1) is 24.0. The van der Waals surface area contributed by atoms with Crippen LogP contribution in [0.15, 0.2) is 79.5 Å². The summed E-state index contributed by atoms with van der Waals surface area (Å²) in [4.78, 5) is 11.9. The number of aromatic nitrogens is 3. The van der Waals surface area contributed by atoms with Gasteiger partial charge in [-0.1, -0.05) is 18.2 Å². The highest BCUT2D eigenvalue weighted by Gasteiger charge is 1.98. The van der Waals surface area contributed by atoms with Crippen LogP contribution in [0, 0.1) is 0 Å². The summed E-state index contributed by atoms with van der Waals surface area (Å²) in [6.07, 6.45) is 14.2. The number of benzene rings is 2. The van der Waals surface area contributed by atoms with E-state index in [1.165, 1.54) is 6.33 Å². The van der Waals surface area contributed by atoms with E-state index in [4.69, 9.17) is 9.47 Å². The first-order valence-electron chi connectivity index (χ1n) is 10.3. The SMILES string of the molecule is COc1cc(O)cc(/C=C/c2ccncc2)c1.COc1cc(O)cc(/C=C/c2ccncn2)c1. The van der Waals surface area contributed by atoms with Gasteiger partial charge in [0.05, 0.1) is 19.9 Å². The largest absolute Gasteiger partial charge is 0.508 e.